The van der Waals surface area contributed by atoms with Gasteiger partial charge in [-0.15, -0.1) is 22.7 Å². The van der Waals surface area contributed by atoms with Crippen LogP contribution in [0.5, 0.6) is 0 Å². The maximum atomic E-state index is 12.8. The van der Waals surface area contributed by atoms with Crippen molar-refractivity contribution < 1.29 is 0 Å². The van der Waals surface area contributed by atoms with Crippen molar-refractivity contribution in [3.8, 4) is 10.6 Å². The molecule has 120 valence electrons. The third kappa shape index (κ3) is 2.77. The van der Waals surface area contributed by atoms with Gasteiger partial charge in [0.15, 0.2) is 5.52 Å². The predicted molar refractivity (Wildman–Crippen MR) is 100 cm³/mol. The molecule has 24 heavy (non-hydrogen) atoms. The number of benzene rings is 1. The van der Waals surface area contributed by atoms with Crippen molar-refractivity contribution in [3.63, 3.8) is 0 Å². The number of fused-ring (bicyclic) bond motifs is 1. The molecule has 0 saturated heterocycles. The van der Waals surface area contributed by atoms with E-state index in [2.05, 4.69) is 10.1 Å². The van der Waals surface area contributed by atoms with E-state index in [1.54, 1.807) is 11.3 Å². The first-order chi connectivity index (χ1) is 11.6. The normalized spacial score (nSPS) is 11.2. The first kappa shape index (κ1) is 15.5. The molecule has 0 N–H and O–H groups in total. The average Bonchev–Trinajstić information content (AvgIpc) is 3.20. The van der Waals surface area contributed by atoms with Gasteiger partial charge < -0.3 is 0 Å². The van der Waals surface area contributed by atoms with Crippen LogP contribution in [0, 0.1) is 6.92 Å². The van der Waals surface area contributed by atoms with Crippen molar-refractivity contribution in [2.45, 2.75) is 13.5 Å². The highest BCUT2D eigenvalue weighted by atomic mass is 35.5. The zero-order chi connectivity index (χ0) is 16.7. The van der Waals surface area contributed by atoms with Crippen LogP contribution in [0.25, 0.3) is 20.8 Å². The summed E-state index contributed by atoms with van der Waals surface area (Å²) in [6, 6.07) is 11.4. The molecule has 0 saturated carbocycles. The topological polar surface area (TPSA) is 47.8 Å². The Kier molecular flexibility index (Phi) is 3.96. The Morgan fingerprint density at radius 1 is 1.25 bits per heavy atom. The van der Waals surface area contributed by atoms with Crippen LogP contribution in [0.2, 0.25) is 5.02 Å². The Morgan fingerprint density at radius 3 is 2.88 bits per heavy atom. The lowest BCUT2D eigenvalue weighted by molar-refractivity contribution is 0.650. The lowest BCUT2D eigenvalue weighted by Crippen LogP contribution is -2.24. The molecule has 7 heteroatoms. The molecule has 3 heterocycles. The minimum absolute atomic E-state index is 0.172. The van der Waals surface area contributed by atoms with Gasteiger partial charge in [0, 0.05) is 5.02 Å². The summed E-state index contributed by atoms with van der Waals surface area (Å²) >= 11 is 9.16. The zero-order valence-electron chi connectivity index (χ0n) is 12.7. The molecule has 3 aromatic heterocycles. The molecule has 0 radical (unpaired) electrons. The summed E-state index contributed by atoms with van der Waals surface area (Å²) in [5.41, 5.74) is 2.06. The summed E-state index contributed by atoms with van der Waals surface area (Å²) in [5, 5.41) is 8.13. The fraction of sp³-hybridized carbons (Fsp3) is 0.118. The Labute approximate surface area is 151 Å². The van der Waals surface area contributed by atoms with Crippen LogP contribution in [0.1, 0.15) is 10.6 Å². The molecule has 0 unspecified atom stereocenters. The number of nitrogens with zero attached hydrogens (tertiary/aromatic N) is 3. The van der Waals surface area contributed by atoms with Gasteiger partial charge in [0.25, 0.3) is 5.56 Å². The standard InChI is InChI=1S/C17H12ClN3OS2/c1-10-19-15-16(24-10)14(13-6-3-7-23-13)20-21(17(15)22)9-11-4-2-5-12(18)8-11/h2-8H,9H2,1H3. The highest BCUT2D eigenvalue weighted by Gasteiger charge is 2.17. The van der Waals surface area contributed by atoms with Crippen molar-refractivity contribution in [1.82, 2.24) is 14.8 Å². The molecule has 4 nitrogen and oxygen atoms in total. The molecule has 0 aliphatic rings. The van der Waals surface area contributed by atoms with Crippen LogP contribution in [-0.2, 0) is 6.54 Å². The number of hydrogen-bond donors (Lipinski definition) is 0. The van der Waals surface area contributed by atoms with Gasteiger partial charge in [-0.3, -0.25) is 4.79 Å². The molecule has 0 fully saturated rings. The Balaban J connectivity index is 1.92. The molecule has 1 aromatic carbocycles. The summed E-state index contributed by atoms with van der Waals surface area (Å²) in [5.74, 6) is 0. The number of halogens is 1. The maximum Gasteiger partial charge on any atom is 0.294 e. The van der Waals surface area contributed by atoms with Crippen molar-refractivity contribution in [1.29, 1.82) is 0 Å². The molecule has 0 bridgehead atoms. The van der Waals surface area contributed by atoms with Gasteiger partial charge in [-0.05, 0) is 36.1 Å². The monoisotopic (exact) mass is 373 g/mol. The second-order valence-corrected chi connectivity index (χ2v) is 7.92. The van der Waals surface area contributed by atoms with Crippen LogP contribution < -0.4 is 5.56 Å². The molecule has 0 amide bonds. The quantitative estimate of drug-likeness (QED) is 0.527. The van der Waals surface area contributed by atoms with Gasteiger partial charge in [0.05, 0.1) is 21.1 Å². The summed E-state index contributed by atoms with van der Waals surface area (Å²) in [7, 11) is 0. The molecule has 4 aromatic rings. The van der Waals surface area contributed by atoms with E-state index < -0.39 is 0 Å². The molecule has 0 spiro atoms. The van der Waals surface area contributed by atoms with Gasteiger partial charge >= 0.3 is 0 Å². The molecule has 4 rings (SSSR count). The first-order valence-electron chi connectivity index (χ1n) is 7.28. The molecule has 0 aliphatic heterocycles. The highest BCUT2D eigenvalue weighted by Crippen LogP contribution is 2.32. The van der Waals surface area contributed by atoms with Gasteiger partial charge in [-0.2, -0.15) is 5.10 Å². The van der Waals surface area contributed by atoms with E-state index in [1.165, 1.54) is 16.0 Å². The Morgan fingerprint density at radius 2 is 2.12 bits per heavy atom. The molecule has 0 atom stereocenters. The van der Waals surface area contributed by atoms with Crippen molar-refractivity contribution in [2.24, 2.45) is 0 Å². The van der Waals surface area contributed by atoms with E-state index in [9.17, 15) is 4.79 Å². The third-order valence-corrected chi connectivity index (χ3v) is 5.67. The number of hydrogen-bond acceptors (Lipinski definition) is 5. The fourth-order valence-corrected chi connectivity index (χ4v) is 4.46. The minimum atomic E-state index is -0.172. The number of rotatable bonds is 3. The first-order valence-corrected chi connectivity index (χ1v) is 9.36. The van der Waals surface area contributed by atoms with Crippen LogP contribution in [0.3, 0.4) is 0 Å². The number of thiophene rings is 1. The van der Waals surface area contributed by atoms with Crippen molar-refractivity contribution in [3.05, 3.63) is 67.7 Å². The van der Waals surface area contributed by atoms with Crippen LogP contribution in [0.15, 0.2) is 46.6 Å². The second-order valence-electron chi connectivity index (χ2n) is 5.33. The minimum Gasteiger partial charge on any atom is -0.265 e. The number of aromatic nitrogens is 3. The largest absolute Gasteiger partial charge is 0.294 e. The van der Waals surface area contributed by atoms with E-state index in [0.717, 1.165) is 25.8 Å². The summed E-state index contributed by atoms with van der Waals surface area (Å²) in [6.45, 7) is 2.27. The lowest BCUT2D eigenvalue weighted by atomic mass is 10.2. The number of thiazole rings is 1. The van der Waals surface area contributed by atoms with Crippen LogP contribution in [0.4, 0.5) is 0 Å². The van der Waals surface area contributed by atoms with E-state index >= 15 is 0 Å². The van der Waals surface area contributed by atoms with Gasteiger partial charge in [-0.25, -0.2) is 9.67 Å². The average molecular weight is 374 g/mol. The van der Waals surface area contributed by atoms with Gasteiger partial charge in [0.2, 0.25) is 0 Å². The smallest absolute Gasteiger partial charge is 0.265 e. The van der Waals surface area contributed by atoms with E-state index in [-0.39, 0.29) is 5.56 Å². The molecular formula is C17H12ClN3OS2. The van der Waals surface area contributed by atoms with Crippen LogP contribution in [-0.4, -0.2) is 14.8 Å². The van der Waals surface area contributed by atoms with Gasteiger partial charge in [0.1, 0.15) is 5.69 Å². The fourth-order valence-electron chi connectivity index (χ4n) is 2.56. The Hall–Kier alpha value is -2.02. The number of aryl methyl sites for hydroxylation is 1. The SMILES string of the molecule is Cc1nc2c(=O)n(Cc3cccc(Cl)c3)nc(-c3cccs3)c2s1. The molecule has 0 aliphatic carbocycles. The maximum absolute atomic E-state index is 12.8. The van der Waals surface area contributed by atoms with E-state index in [4.69, 9.17) is 11.6 Å². The van der Waals surface area contributed by atoms with Crippen molar-refractivity contribution >= 4 is 44.5 Å². The summed E-state index contributed by atoms with van der Waals surface area (Å²) in [6.07, 6.45) is 0. The summed E-state index contributed by atoms with van der Waals surface area (Å²) in [4.78, 5) is 18.2. The Bertz CT molecular complexity index is 1080. The van der Waals surface area contributed by atoms with Crippen molar-refractivity contribution in [2.75, 3.05) is 0 Å². The summed E-state index contributed by atoms with van der Waals surface area (Å²) < 4.78 is 2.32. The second kappa shape index (κ2) is 6.12. The van der Waals surface area contributed by atoms with E-state index in [1.807, 2.05) is 48.7 Å². The lowest BCUT2D eigenvalue weighted by Gasteiger charge is -2.08. The third-order valence-electron chi connectivity index (χ3n) is 3.58. The van der Waals surface area contributed by atoms with Gasteiger partial charge in [-0.1, -0.05) is 29.8 Å². The highest BCUT2D eigenvalue weighted by molar-refractivity contribution is 7.20. The zero-order valence-corrected chi connectivity index (χ0v) is 15.1. The van der Waals surface area contributed by atoms with E-state index in [0.29, 0.717) is 17.1 Å². The predicted octanol–water partition coefficient (Wildman–Crippen LogP) is 4.59. The van der Waals surface area contributed by atoms with Crippen LogP contribution >= 0.6 is 34.3 Å². The molecular weight excluding hydrogens is 362 g/mol.